The molecule has 0 spiro atoms. The van der Waals surface area contributed by atoms with E-state index in [1.807, 2.05) is 0 Å². The third kappa shape index (κ3) is 2.61. The molecule has 0 aliphatic rings. The fraction of sp³-hybridized carbons (Fsp3) is 0.167. The number of pyridine rings is 1. The zero-order valence-electron chi connectivity index (χ0n) is 7.12. The van der Waals surface area contributed by atoms with E-state index in [0.717, 1.165) is 6.07 Å². The van der Waals surface area contributed by atoms with E-state index in [4.69, 9.17) is 10.9 Å². The highest BCUT2D eigenvalue weighted by Crippen LogP contribution is 2.32. The number of hydrogen-bond donors (Lipinski definition) is 2. The summed E-state index contributed by atoms with van der Waals surface area (Å²) in [5.74, 6) is -0.336. The molecule has 1 aromatic heterocycles. The van der Waals surface area contributed by atoms with E-state index in [-0.39, 0.29) is 10.3 Å². The predicted molar refractivity (Wildman–Crippen MR) is 52.7 cm³/mol. The molecule has 84 valence electrons. The minimum absolute atomic E-state index is 0.336. The minimum Gasteiger partial charge on any atom is -0.384 e. The Balaban J connectivity index is 3.56. The van der Waals surface area contributed by atoms with E-state index in [9.17, 15) is 17.2 Å². The van der Waals surface area contributed by atoms with E-state index < -0.39 is 27.0 Å². The lowest BCUT2D eigenvalue weighted by molar-refractivity contribution is 0.150. The van der Waals surface area contributed by atoms with E-state index in [0.29, 0.717) is 0 Å². The standard InChI is InChI=1S/C6H6BrF2N3O2S/c7-4-2(5(8)9)1-3(10)12-6(4)15(11,13)14/h1,5H,(H2,10,12)(H2,11,13,14). The number of sulfonamides is 1. The number of nitrogens with two attached hydrogens (primary N) is 2. The second-order valence-corrected chi connectivity index (χ2v) is 4.87. The van der Waals surface area contributed by atoms with E-state index in [2.05, 4.69) is 20.9 Å². The lowest BCUT2D eigenvalue weighted by Gasteiger charge is -2.08. The van der Waals surface area contributed by atoms with Crippen molar-refractivity contribution in [2.75, 3.05) is 5.73 Å². The first-order chi connectivity index (χ1) is 6.73. The average molecular weight is 302 g/mol. The molecule has 0 bridgehead atoms. The number of primary sulfonamides is 1. The van der Waals surface area contributed by atoms with E-state index >= 15 is 0 Å². The molecule has 1 aromatic rings. The number of rotatable bonds is 2. The van der Waals surface area contributed by atoms with Crippen LogP contribution in [0.2, 0.25) is 0 Å². The van der Waals surface area contributed by atoms with Crippen LogP contribution in [0.4, 0.5) is 14.6 Å². The zero-order chi connectivity index (χ0) is 11.8. The summed E-state index contributed by atoms with van der Waals surface area (Å²) in [7, 11) is -4.18. The van der Waals surface area contributed by atoms with Gasteiger partial charge in [-0.05, 0) is 22.0 Å². The third-order valence-electron chi connectivity index (χ3n) is 1.48. The summed E-state index contributed by atoms with van der Waals surface area (Å²) in [4.78, 5) is 3.37. The molecule has 0 aliphatic carbocycles. The van der Waals surface area contributed by atoms with Crippen molar-refractivity contribution >= 4 is 31.8 Å². The van der Waals surface area contributed by atoms with Gasteiger partial charge in [-0.25, -0.2) is 27.3 Å². The van der Waals surface area contributed by atoms with Gasteiger partial charge in [0.25, 0.3) is 16.4 Å². The van der Waals surface area contributed by atoms with Crippen LogP contribution in [-0.2, 0) is 10.0 Å². The fourth-order valence-corrected chi connectivity index (χ4v) is 2.55. The molecule has 0 aromatic carbocycles. The average Bonchev–Trinajstić information content (AvgIpc) is 2.06. The Bertz CT molecular complexity index is 491. The molecule has 0 saturated heterocycles. The van der Waals surface area contributed by atoms with Crippen molar-refractivity contribution in [3.8, 4) is 0 Å². The van der Waals surface area contributed by atoms with Gasteiger partial charge in [0.15, 0.2) is 5.03 Å². The summed E-state index contributed by atoms with van der Waals surface area (Å²) >= 11 is 2.69. The van der Waals surface area contributed by atoms with Gasteiger partial charge in [0.2, 0.25) is 0 Å². The van der Waals surface area contributed by atoms with Gasteiger partial charge in [0.1, 0.15) is 5.82 Å². The summed E-state index contributed by atoms with van der Waals surface area (Å²) in [6.07, 6.45) is -2.87. The Hall–Kier alpha value is -0.800. The van der Waals surface area contributed by atoms with Crippen molar-refractivity contribution in [2.45, 2.75) is 11.5 Å². The molecular weight excluding hydrogens is 296 g/mol. The molecule has 0 amide bonds. The summed E-state index contributed by atoms with van der Waals surface area (Å²) in [6.45, 7) is 0. The van der Waals surface area contributed by atoms with Crippen LogP contribution >= 0.6 is 15.9 Å². The van der Waals surface area contributed by atoms with E-state index in [1.54, 1.807) is 0 Å². The van der Waals surface area contributed by atoms with Gasteiger partial charge >= 0.3 is 0 Å². The minimum atomic E-state index is -4.18. The van der Waals surface area contributed by atoms with Crippen molar-refractivity contribution in [1.82, 2.24) is 4.98 Å². The molecule has 1 rings (SSSR count). The topological polar surface area (TPSA) is 99.1 Å². The number of halogens is 3. The Labute approximate surface area is 92.7 Å². The SMILES string of the molecule is Nc1cc(C(F)F)c(Br)c(S(N)(=O)=O)n1. The van der Waals surface area contributed by atoms with Crippen LogP contribution in [0.5, 0.6) is 0 Å². The van der Waals surface area contributed by atoms with E-state index in [1.165, 1.54) is 0 Å². The van der Waals surface area contributed by atoms with Gasteiger partial charge in [-0.3, -0.25) is 0 Å². The number of alkyl halides is 2. The quantitative estimate of drug-likeness (QED) is 0.851. The van der Waals surface area contributed by atoms with Crippen LogP contribution in [0, 0.1) is 0 Å². The molecule has 1 heterocycles. The summed E-state index contributed by atoms with van der Waals surface area (Å²) < 4.78 is 46.4. The molecule has 5 nitrogen and oxygen atoms in total. The smallest absolute Gasteiger partial charge is 0.265 e. The molecule has 15 heavy (non-hydrogen) atoms. The fourth-order valence-electron chi connectivity index (χ4n) is 0.892. The van der Waals surface area contributed by atoms with Gasteiger partial charge in [0.05, 0.1) is 4.47 Å². The maximum atomic E-state index is 12.4. The van der Waals surface area contributed by atoms with Crippen LogP contribution in [0.15, 0.2) is 15.6 Å². The lowest BCUT2D eigenvalue weighted by atomic mass is 10.3. The first kappa shape index (κ1) is 12.3. The molecular formula is C6H6BrF2N3O2S. The second-order valence-electron chi connectivity index (χ2n) is 2.60. The first-order valence-electron chi connectivity index (χ1n) is 3.50. The molecule has 0 saturated carbocycles. The maximum absolute atomic E-state index is 12.4. The lowest BCUT2D eigenvalue weighted by Crippen LogP contribution is -2.16. The highest BCUT2D eigenvalue weighted by molar-refractivity contribution is 9.10. The van der Waals surface area contributed by atoms with Gasteiger partial charge in [-0.15, -0.1) is 0 Å². The van der Waals surface area contributed by atoms with Crippen LogP contribution in [0.25, 0.3) is 0 Å². The molecule has 0 radical (unpaired) electrons. The molecule has 0 fully saturated rings. The highest BCUT2D eigenvalue weighted by Gasteiger charge is 2.22. The van der Waals surface area contributed by atoms with Crippen molar-refractivity contribution in [2.24, 2.45) is 5.14 Å². The Morgan fingerprint density at radius 1 is 1.47 bits per heavy atom. The van der Waals surface area contributed by atoms with Gasteiger partial charge < -0.3 is 5.73 Å². The predicted octanol–water partition coefficient (Wildman–Crippen LogP) is 1.01. The van der Waals surface area contributed by atoms with Crippen LogP contribution in [0.1, 0.15) is 12.0 Å². The number of nitrogen functional groups attached to an aromatic ring is 1. The number of anilines is 1. The first-order valence-corrected chi connectivity index (χ1v) is 5.84. The molecule has 0 unspecified atom stereocenters. The summed E-state index contributed by atoms with van der Waals surface area (Å²) in [5.41, 5.74) is 4.61. The van der Waals surface area contributed by atoms with Gasteiger partial charge in [0, 0.05) is 5.56 Å². The van der Waals surface area contributed by atoms with Crippen LogP contribution in [0.3, 0.4) is 0 Å². The monoisotopic (exact) mass is 301 g/mol. The second kappa shape index (κ2) is 3.99. The zero-order valence-corrected chi connectivity index (χ0v) is 9.52. The largest absolute Gasteiger partial charge is 0.384 e. The van der Waals surface area contributed by atoms with Crippen LogP contribution in [-0.4, -0.2) is 13.4 Å². The summed E-state index contributed by atoms with van der Waals surface area (Å²) in [6, 6.07) is 0.878. The number of nitrogens with zero attached hydrogens (tertiary/aromatic N) is 1. The molecule has 4 N–H and O–H groups in total. The van der Waals surface area contributed by atoms with Crippen molar-refractivity contribution < 1.29 is 17.2 Å². The van der Waals surface area contributed by atoms with Crippen LogP contribution < -0.4 is 10.9 Å². The maximum Gasteiger partial charge on any atom is 0.265 e. The molecule has 0 atom stereocenters. The van der Waals surface area contributed by atoms with Crippen molar-refractivity contribution in [1.29, 1.82) is 0 Å². The Morgan fingerprint density at radius 3 is 2.40 bits per heavy atom. The highest BCUT2D eigenvalue weighted by atomic mass is 79.9. The van der Waals surface area contributed by atoms with Crippen molar-refractivity contribution in [3.05, 3.63) is 16.1 Å². The molecule has 0 aliphatic heterocycles. The van der Waals surface area contributed by atoms with Gasteiger partial charge in [-0.1, -0.05) is 0 Å². The normalized spacial score (nSPS) is 12.1. The van der Waals surface area contributed by atoms with Crippen molar-refractivity contribution in [3.63, 3.8) is 0 Å². The third-order valence-corrected chi connectivity index (χ3v) is 3.41. The Kier molecular flexibility index (Phi) is 3.26. The molecule has 9 heteroatoms. The Morgan fingerprint density at radius 2 is 2.00 bits per heavy atom. The summed E-state index contributed by atoms with van der Waals surface area (Å²) in [5, 5.41) is 4.08. The number of aromatic nitrogens is 1. The number of hydrogen-bond acceptors (Lipinski definition) is 4. The van der Waals surface area contributed by atoms with Gasteiger partial charge in [-0.2, -0.15) is 0 Å².